The third-order valence-corrected chi connectivity index (χ3v) is 2.98. The summed E-state index contributed by atoms with van der Waals surface area (Å²) in [5, 5.41) is 0. The molecule has 0 atom stereocenters. The van der Waals surface area contributed by atoms with E-state index in [-0.39, 0.29) is 23.9 Å². The number of hydrogen-bond acceptors (Lipinski definition) is 5. The van der Waals surface area contributed by atoms with Crippen LogP contribution in [-0.2, 0) is 19.6 Å². The number of carbonyl (C=O) groups is 1. The molecule has 1 aromatic carbocycles. The van der Waals surface area contributed by atoms with Crippen LogP contribution in [-0.4, -0.2) is 32.2 Å². The van der Waals surface area contributed by atoms with Crippen LogP contribution in [0.5, 0.6) is 5.75 Å². The van der Waals surface area contributed by atoms with E-state index in [2.05, 4.69) is 6.58 Å². The van der Waals surface area contributed by atoms with Gasteiger partial charge in [0, 0.05) is 12.5 Å². The predicted octanol–water partition coefficient (Wildman–Crippen LogP) is 1.43. The van der Waals surface area contributed by atoms with Crippen LogP contribution in [0, 0.1) is 0 Å². The largest absolute Gasteiger partial charge is 0.492 e. The van der Waals surface area contributed by atoms with Crippen molar-refractivity contribution in [2.75, 3.05) is 13.2 Å². The Balaban J connectivity index is 2.50. The molecule has 0 radical (unpaired) electrons. The summed E-state index contributed by atoms with van der Waals surface area (Å²) in [5.74, 6) is -0.474. The molecule has 1 aromatic rings. The fourth-order valence-corrected chi connectivity index (χ4v) is 1.89. The molecular formula is C12H14O6S. The SMILES string of the molecule is C=CC(=O)OCCCOc1ccccc1S(=O)(=O)O. The molecule has 0 fully saturated rings. The zero-order valence-electron chi connectivity index (χ0n) is 10.1. The topological polar surface area (TPSA) is 89.9 Å². The first kappa shape index (κ1) is 15.2. The zero-order valence-corrected chi connectivity index (χ0v) is 10.9. The summed E-state index contributed by atoms with van der Waals surface area (Å²) in [6, 6.07) is 5.73. The van der Waals surface area contributed by atoms with Crippen molar-refractivity contribution in [2.24, 2.45) is 0 Å². The van der Waals surface area contributed by atoms with Crippen LogP contribution in [0.15, 0.2) is 41.8 Å². The molecule has 1 N–H and O–H groups in total. The molecular weight excluding hydrogens is 272 g/mol. The van der Waals surface area contributed by atoms with Gasteiger partial charge in [-0.1, -0.05) is 18.7 Å². The first-order chi connectivity index (χ1) is 8.95. The highest BCUT2D eigenvalue weighted by atomic mass is 32.2. The monoisotopic (exact) mass is 286 g/mol. The Morgan fingerprint density at radius 1 is 1.32 bits per heavy atom. The quantitative estimate of drug-likeness (QED) is 0.353. The first-order valence-corrected chi connectivity index (χ1v) is 6.87. The summed E-state index contributed by atoms with van der Waals surface area (Å²) in [6.07, 6.45) is 1.44. The molecule has 0 saturated carbocycles. The van der Waals surface area contributed by atoms with Crippen molar-refractivity contribution >= 4 is 16.1 Å². The molecule has 104 valence electrons. The molecule has 7 heteroatoms. The van der Waals surface area contributed by atoms with E-state index in [4.69, 9.17) is 14.0 Å². The molecule has 0 aliphatic heterocycles. The van der Waals surface area contributed by atoms with E-state index < -0.39 is 16.1 Å². The van der Waals surface area contributed by atoms with Crippen molar-refractivity contribution in [3.8, 4) is 5.75 Å². The third kappa shape index (κ3) is 5.11. The van der Waals surface area contributed by atoms with Gasteiger partial charge in [0.15, 0.2) is 0 Å². The Labute approximate surface area is 111 Å². The average molecular weight is 286 g/mol. The molecule has 0 aromatic heterocycles. The van der Waals surface area contributed by atoms with Crippen molar-refractivity contribution in [3.63, 3.8) is 0 Å². The third-order valence-electron chi connectivity index (χ3n) is 2.08. The van der Waals surface area contributed by atoms with Crippen LogP contribution in [0.3, 0.4) is 0 Å². The Bertz CT molecular complexity index is 549. The van der Waals surface area contributed by atoms with Crippen LogP contribution in [0.4, 0.5) is 0 Å². The van der Waals surface area contributed by atoms with Gasteiger partial charge in [0.25, 0.3) is 10.1 Å². The summed E-state index contributed by atoms with van der Waals surface area (Å²) in [6.45, 7) is 3.53. The average Bonchev–Trinajstić information content (AvgIpc) is 2.37. The Morgan fingerprint density at radius 3 is 2.63 bits per heavy atom. The standard InChI is InChI=1S/C12H14O6S/c1-2-12(13)18-9-5-8-17-10-6-3-4-7-11(10)19(14,15)16/h2-4,6-7H,1,5,8-9H2,(H,14,15,16). The number of ether oxygens (including phenoxy) is 2. The van der Waals surface area contributed by atoms with Crippen LogP contribution >= 0.6 is 0 Å². The summed E-state index contributed by atoms with van der Waals surface area (Å²) in [5.41, 5.74) is 0. The first-order valence-electron chi connectivity index (χ1n) is 5.43. The van der Waals surface area contributed by atoms with Gasteiger partial charge in [-0.25, -0.2) is 4.79 Å². The molecule has 0 bridgehead atoms. The van der Waals surface area contributed by atoms with E-state index in [9.17, 15) is 13.2 Å². The lowest BCUT2D eigenvalue weighted by Gasteiger charge is -2.09. The van der Waals surface area contributed by atoms with Crippen molar-refractivity contribution in [3.05, 3.63) is 36.9 Å². The predicted molar refractivity (Wildman–Crippen MR) is 67.5 cm³/mol. The van der Waals surface area contributed by atoms with Crippen molar-refractivity contribution in [1.29, 1.82) is 0 Å². The normalized spacial score (nSPS) is 10.8. The smallest absolute Gasteiger partial charge is 0.330 e. The molecule has 0 aliphatic rings. The molecule has 0 spiro atoms. The Hall–Kier alpha value is -1.86. The summed E-state index contributed by atoms with van der Waals surface area (Å²) in [4.78, 5) is 10.4. The highest BCUT2D eigenvalue weighted by Crippen LogP contribution is 2.22. The van der Waals surface area contributed by atoms with Crippen molar-refractivity contribution < 1.29 is 27.2 Å². The van der Waals surface area contributed by atoms with Gasteiger partial charge in [-0.2, -0.15) is 8.42 Å². The van der Waals surface area contributed by atoms with E-state index in [0.29, 0.717) is 6.42 Å². The minimum Gasteiger partial charge on any atom is -0.492 e. The zero-order chi connectivity index (χ0) is 14.3. The lowest BCUT2D eigenvalue weighted by atomic mass is 10.3. The maximum atomic E-state index is 11.1. The highest BCUT2D eigenvalue weighted by Gasteiger charge is 2.15. The number of hydrogen-bond donors (Lipinski definition) is 1. The van der Waals surface area contributed by atoms with Gasteiger partial charge in [-0.3, -0.25) is 4.55 Å². The second-order valence-electron chi connectivity index (χ2n) is 3.50. The van der Waals surface area contributed by atoms with Gasteiger partial charge < -0.3 is 9.47 Å². The summed E-state index contributed by atoms with van der Waals surface area (Å²) < 4.78 is 41.1. The second-order valence-corrected chi connectivity index (χ2v) is 4.89. The molecule has 0 aliphatic carbocycles. The van der Waals surface area contributed by atoms with Gasteiger partial charge in [0.1, 0.15) is 10.6 Å². The van der Waals surface area contributed by atoms with Gasteiger partial charge in [0.2, 0.25) is 0 Å². The minimum atomic E-state index is -4.32. The molecule has 0 unspecified atom stereocenters. The van der Waals surface area contributed by atoms with Gasteiger partial charge in [-0.05, 0) is 12.1 Å². The molecule has 19 heavy (non-hydrogen) atoms. The lowest BCUT2D eigenvalue weighted by molar-refractivity contribution is -0.137. The molecule has 6 nitrogen and oxygen atoms in total. The molecule has 1 rings (SSSR count). The highest BCUT2D eigenvalue weighted by molar-refractivity contribution is 7.86. The lowest BCUT2D eigenvalue weighted by Crippen LogP contribution is -2.08. The minimum absolute atomic E-state index is 0.0556. The van der Waals surface area contributed by atoms with E-state index >= 15 is 0 Å². The Morgan fingerprint density at radius 2 is 2.00 bits per heavy atom. The van der Waals surface area contributed by atoms with Crippen LogP contribution in [0.25, 0.3) is 0 Å². The van der Waals surface area contributed by atoms with Crippen molar-refractivity contribution in [2.45, 2.75) is 11.3 Å². The van der Waals surface area contributed by atoms with Crippen LogP contribution in [0.2, 0.25) is 0 Å². The number of benzene rings is 1. The molecule has 0 heterocycles. The van der Waals surface area contributed by atoms with Gasteiger partial charge >= 0.3 is 5.97 Å². The fourth-order valence-electron chi connectivity index (χ4n) is 1.26. The van der Waals surface area contributed by atoms with E-state index in [0.717, 1.165) is 6.08 Å². The van der Waals surface area contributed by atoms with Gasteiger partial charge in [0.05, 0.1) is 13.2 Å². The van der Waals surface area contributed by atoms with E-state index in [1.54, 1.807) is 6.07 Å². The van der Waals surface area contributed by atoms with Gasteiger partial charge in [-0.15, -0.1) is 0 Å². The molecule has 0 saturated heterocycles. The second kappa shape index (κ2) is 6.91. The Kier molecular flexibility index (Phi) is 5.53. The van der Waals surface area contributed by atoms with E-state index in [1.165, 1.54) is 18.2 Å². The number of rotatable bonds is 7. The van der Waals surface area contributed by atoms with Crippen LogP contribution < -0.4 is 4.74 Å². The number of esters is 1. The fraction of sp³-hybridized carbons (Fsp3) is 0.250. The summed E-state index contributed by atoms with van der Waals surface area (Å²) >= 11 is 0. The molecule has 0 amide bonds. The maximum absolute atomic E-state index is 11.1. The number of carbonyl (C=O) groups excluding carboxylic acids is 1. The van der Waals surface area contributed by atoms with Crippen LogP contribution in [0.1, 0.15) is 6.42 Å². The van der Waals surface area contributed by atoms with E-state index in [1.807, 2.05) is 0 Å². The number of para-hydroxylation sites is 1. The summed E-state index contributed by atoms with van der Waals surface area (Å²) in [7, 11) is -4.32. The maximum Gasteiger partial charge on any atom is 0.330 e. The van der Waals surface area contributed by atoms with Crippen molar-refractivity contribution in [1.82, 2.24) is 0 Å².